The number of benzene rings is 2. The van der Waals surface area contributed by atoms with Gasteiger partial charge >= 0.3 is 0 Å². The van der Waals surface area contributed by atoms with Gasteiger partial charge in [0.2, 0.25) is 0 Å². The minimum absolute atomic E-state index is 0.0179. The molecule has 22 heavy (non-hydrogen) atoms. The molecule has 0 bridgehead atoms. The van der Waals surface area contributed by atoms with Crippen molar-refractivity contribution in [1.82, 2.24) is 5.32 Å². The summed E-state index contributed by atoms with van der Waals surface area (Å²) in [7, 11) is 0. The van der Waals surface area contributed by atoms with Crippen LogP contribution in [0.5, 0.6) is 5.75 Å². The first-order valence-electron chi connectivity index (χ1n) is 7.21. The van der Waals surface area contributed by atoms with Crippen LogP contribution in [0.2, 0.25) is 0 Å². The van der Waals surface area contributed by atoms with Crippen LogP contribution in [0.1, 0.15) is 29.7 Å². The maximum Gasteiger partial charge on any atom is 0.258 e. The number of carbonyl (C=O) groups is 1. The molecular formula is C18H20BrNO2. The highest BCUT2D eigenvalue weighted by atomic mass is 79.9. The summed E-state index contributed by atoms with van der Waals surface area (Å²) in [4.78, 5) is 12.1. The zero-order valence-electron chi connectivity index (χ0n) is 13.0. The van der Waals surface area contributed by atoms with Crippen LogP contribution in [-0.4, -0.2) is 12.5 Å². The highest BCUT2D eigenvalue weighted by Crippen LogP contribution is 2.22. The van der Waals surface area contributed by atoms with Crippen LogP contribution in [0.4, 0.5) is 0 Å². The number of hydrogen-bond donors (Lipinski definition) is 1. The van der Waals surface area contributed by atoms with Gasteiger partial charge in [0.15, 0.2) is 6.61 Å². The zero-order chi connectivity index (χ0) is 16.1. The summed E-state index contributed by atoms with van der Waals surface area (Å²) < 4.78 is 6.67. The molecule has 0 aliphatic rings. The predicted octanol–water partition coefficient (Wildman–Crippen LogP) is 4.32. The lowest BCUT2D eigenvalue weighted by Gasteiger charge is -2.16. The normalized spacial score (nSPS) is 11.8. The lowest BCUT2D eigenvalue weighted by Crippen LogP contribution is -2.31. The summed E-state index contributed by atoms with van der Waals surface area (Å²) in [6, 6.07) is 13.8. The van der Waals surface area contributed by atoms with E-state index in [1.807, 2.05) is 63.2 Å². The molecule has 0 unspecified atom stereocenters. The van der Waals surface area contributed by atoms with E-state index < -0.39 is 0 Å². The molecule has 0 aromatic heterocycles. The largest absolute Gasteiger partial charge is 0.483 e. The van der Waals surface area contributed by atoms with Crippen LogP contribution < -0.4 is 10.1 Å². The minimum atomic E-state index is -0.130. The molecule has 1 atom stereocenters. The van der Waals surface area contributed by atoms with Crippen LogP contribution in [0, 0.1) is 13.8 Å². The SMILES string of the molecule is Cc1cccc(C)c1OCC(=O)N[C@H](C)c1cccc(Br)c1. The van der Waals surface area contributed by atoms with E-state index in [1.165, 1.54) is 0 Å². The third kappa shape index (κ3) is 4.34. The van der Waals surface area contributed by atoms with Gasteiger partial charge in [-0.2, -0.15) is 0 Å². The molecule has 1 N–H and O–H groups in total. The Bertz CT molecular complexity index is 650. The van der Waals surface area contributed by atoms with Gasteiger partial charge in [0.25, 0.3) is 5.91 Å². The standard InChI is InChI=1S/C18H20BrNO2/c1-12-6-4-7-13(2)18(12)22-11-17(21)20-14(3)15-8-5-9-16(19)10-15/h4-10,14H,11H2,1-3H3,(H,20,21)/t14-/m1/s1. The van der Waals surface area contributed by atoms with Gasteiger partial charge in [-0.3, -0.25) is 4.79 Å². The molecule has 0 fully saturated rings. The summed E-state index contributed by atoms with van der Waals surface area (Å²) in [5, 5.41) is 2.95. The fourth-order valence-corrected chi connectivity index (χ4v) is 2.72. The molecule has 0 spiro atoms. The van der Waals surface area contributed by atoms with Crippen LogP contribution in [0.3, 0.4) is 0 Å². The van der Waals surface area contributed by atoms with Crippen molar-refractivity contribution >= 4 is 21.8 Å². The predicted molar refractivity (Wildman–Crippen MR) is 92.1 cm³/mol. The van der Waals surface area contributed by atoms with Gasteiger partial charge in [-0.25, -0.2) is 0 Å². The summed E-state index contributed by atoms with van der Waals surface area (Å²) in [5.74, 6) is 0.655. The molecule has 0 saturated heterocycles. The molecule has 0 saturated carbocycles. The number of halogens is 1. The average molecular weight is 362 g/mol. The quantitative estimate of drug-likeness (QED) is 0.860. The molecule has 2 rings (SSSR count). The van der Waals surface area contributed by atoms with E-state index in [2.05, 4.69) is 21.2 Å². The molecule has 2 aromatic carbocycles. The first kappa shape index (κ1) is 16.6. The lowest BCUT2D eigenvalue weighted by atomic mass is 10.1. The summed E-state index contributed by atoms with van der Waals surface area (Å²) >= 11 is 3.44. The van der Waals surface area contributed by atoms with Crippen molar-refractivity contribution in [3.05, 3.63) is 63.6 Å². The van der Waals surface area contributed by atoms with Gasteiger partial charge in [-0.15, -0.1) is 0 Å². The number of aryl methyl sites for hydroxylation is 2. The van der Waals surface area contributed by atoms with Crippen molar-refractivity contribution in [2.24, 2.45) is 0 Å². The highest BCUT2D eigenvalue weighted by molar-refractivity contribution is 9.10. The first-order chi connectivity index (χ1) is 10.5. The number of nitrogens with one attached hydrogen (secondary N) is 1. The third-order valence-electron chi connectivity index (χ3n) is 3.48. The Morgan fingerprint density at radius 3 is 2.45 bits per heavy atom. The van der Waals surface area contributed by atoms with Crippen molar-refractivity contribution in [2.45, 2.75) is 26.8 Å². The molecular weight excluding hydrogens is 342 g/mol. The Balaban J connectivity index is 1.93. The lowest BCUT2D eigenvalue weighted by molar-refractivity contribution is -0.123. The Morgan fingerprint density at radius 1 is 1.18 bits per heavy atom. The molecule has 4 heteroatoms. The second-order valence-corrected chi connectivity index (χ2v) is 6.27. The second-order valence-electron chi connectivity index (χ2n) is 5.35. The smallest absolute Gasteiger partial charge is 0.258 e. The average Bonchev–Trinajstić information content (AvgIpc) is 2.46. The number of ether oxygens (including phenoxy) is 1. The third-order valence-corrected chi connectivity index (χ3v) is 3.98. The van der Waals surface area contributed by atoms with Crippen molar-refractivity contribution < 1.29 is 9.53 Å². The topological polar surface area (TPSA) is 38.3 Å². The number of para-hydroxylation sites is 1. The second kappa shape index (κ2) is 7.45. The highest BCUT2D eigenvalue weighted by Gasteiger charge is 2.11. The van der Waals surface area contributed by atoms with E-state index >= 15 is 0 Å². The van der Waals surface area contributed by atoms with Crippen LogP contribution in [0.15, 0.2) is 46.9 Å². The van der Waals surface area contributed by atoms with E-state index in [9.17, 15) is 4.79 Å². The van der Waals surface area contributed by atoms with Crippen molar-refractivity contribution in [3.63, 3.8) is 0 Å². The molecule has 2 aromatic rings. The maximum absolute atomic E-state index is 12.1. The zero-order valence-corrected chi connectivity index (χ0v) is 14.6. The number of hydrogen-bond acceptors (Lipinski definition) is 2. The van der Waals surface area contributed by atoms with E-state index in [0.29, 0.717) is 0 Å². The van der Waals surface area contributed by atoms with Crippen LogP contribution >= 0.6 is 15.9 Å². The maximum atomic E-state index is 12.1. The molecule has 1 amide bonds. The van der Waals surface area contributed by atoms with E-state index in [1.54, 1.807) is 0 Å². The molecule has 0 aliphatic heterocycles. The Hall–Kier alpha value is -1.81. The molecule has 0 radical (unpaired) electrons. The van der Waals surface area contributed by atoms with Gasteiger partial charge < -0.3 is 10.1 Å². The minimum Gasteiger partial charge on any atom is -0.483 e. The van der Waals surface area contributed by atoms with E-state index in [4.69, 9.17) is 4.74 Å². The molecule has 3 nitrogen and oxygen atoms in total. The summed E-state index contributed by atoms with van der Waals surface area (Å²) in [5.41, 5.74) is 3.12. The van der Waals surface area contributed by atoms with Crippen LogP contribution in [-0.2, 0) is 4.79 Å². The molecule has 116 valence electrons. The van der Waals surface area contributed by atoms with Gasteiger partial charge in [0.05, 0.1) is 6.04 Å². The fourth-order valence-electron chi connectivity index (χ4n) is 2.31. The number of rotatable bonds is 5. The van der Waals surface area contributed by atoms with Crippen LogP contribution in [0.25, 0.3) is 0 Å². The van der Waals surface area contributed by atoms with Gasteiger partial charge in [0, 0.05) is 4.47 Å². The Labute approximate surface area is 139 Å². The monoisotopic (exact) mass is 361 g/mol. The van der Waals surface area contributed by atoms with Gasteiger partial charge in [-0.05, 0) is 49.6 Å². The summed E-state index contributed by atoms with van der Waals surface area (Å²) in [6.07, 6.45) is 0. The Morgan fingerprint density at radius 2 is 1.82 bits per heavy atom. The first-order valence-corrected chi connectivity index (χ1v) is 8.00. The van der Waals surface area contributed by atoms with Gasteiger partial charge in [-0.1, -0.05) is 46.3 Å². The molecule has 0 heterocycles. The Kier molecular flexibility index (Phi) is 5.61. The molecule has 0 aliphatic carbocycles. The van der Waals surface area contributed by atoms with E-state index in [0.717, 1.165) is 26.9 Å². The van der Waals surface area contributed by atoms with E-state index in [-0.39, 0.29) is 18.6 Å². The van der Waals surface area contributed by atoms with Gasteiger partial charge in [0.1, 0.15) is 5.75 Å². The van der Waals surface area contributed by atoms with Crippen molar-refractivity contribution in [3.8, 4) is 5.75 Å². The number of carbonyl (C=O) groups excluding carboxylic acids is 1. The fraction of sp³-hybridized carbons (Fsp3) is 0.278. The number of amides is 1. The van der Waals surface area contributed by atoms with Crippen molar-refractivity contribution in [1.29, 1.82) is 0 Å². The van der Waals surface area contributed by atoms with Crippen molar-refractivity contribution in [2.75, 3.05) is 6.61 Å². The summed E-state index contributed by atoms with van der Waals surface area (Å²) in [6.45, 7) is 5.93.